The van der Waals surface area contributed by atoms with Crippen molar-refractivity contribution in [1.29, 1.82) is 0 Å². The summed E-state index contributed by atoms with van der Waals surface area (Å²) in [5.41, 5.74) is 1.82. The number of nitrogens with one attached hydrogen (secondary N) is 1. The summed E-state index contributed by atoms with van der Waals surface area (Å²) in [6, 6.07) is 9.46. The lowest BCUT2D eigenvalue weighted by Gasteiger charge is -2.12. The number of hydrogen-bond acceptors (Lipinski definition) is 4. The number of ether oxygens (including phenoxy) is 1. The summed E-state index contributed by atoms with van der Waals surface area (Å²) < 4.78 is 5.20. The molecule has 0 fully saturated rings. The average molecular weight is 270 g/mol. The van der Waals surface area contributed by atoms with E-state index in [-0.39, 0.29) is 5.75 Å². The third kappa shape index (κ3) is 3.29. The van der Waals surface area contributed by atoms with Crippen molar-refractivity contribution in [2.75, 3.05) is 12.4 Å². The van der Waals surface area contributed by atoms with Crippen LogP contribution in [-0.4, -0.2) is 17.2 Å². The van der Waals surface area contributed by atoms with E-state index in [4.69, 9.17) is 4.74 Å². The van der Waals surface area contributed by atoms with Crippen LogP contribution in [-0.2, 0) is 13.0 Å². The van der Waals surface area contributed by atoms with Gasteiger partial charge in [-0.05, 0) is 36.2 Å². The molecule has 2 rings (SSSR count). The standard InChI is InChI=1S/C16H18N2O2/c1-3-6-13-9-12(10-14(20-2)16(13)19)11-18-15-7-4-5-8-17-15/h3-5,7-10,19H,1,6,11H2,2H3,(H,17,18). The highest BCUT2D eigenvalue weighted by Gasteiger charge is 2.09. The second kappa shape index (κ2) is 6.61. The van der Waals surface area contributed by atoms with Gasteiger partial charge in [0.1, 0.15) is 5.82 Å². The molecular weight excluding hydrogens is 252 g/mol. The molecule has 2 N–H and O–H groups in total. The highest BCUT2D eigenvalue weighted by molar-refractivity contribution is 5.50. The van der Waals surface area contributed by atoms with Crippen molar-refractivity contribution >= 4 is 5.82 Å². The van der Waals surface area contributed by atoms with Gasteiger partial charge in [0.25, 0.3) is 0 Å². The van der Waals surface area contributed by atoms with E-state index >= 15 is 0 Å². The Balaban J connectivity index is 2.18. The number of benzene rings is 1. The highest BCUT2D eigenvalue weighted by Crippen LogP contribution is 2.32. The minimum Gasteiger partial charge on any atom is -0.504 e. The SMILES string of the molecule is C=CCc1cc(CNc2ccccn2)cc(OC)c1O. The van der Waals surface area contributed by atoms with Crippen LogP contribution < -0.4 is 10.1 Å². The lowest BCUT2D eigenvalue weighted by Crippen LogP contribution is -2.02. The predicted octanol–water partition coefficient (Wildman–Crippen LogP) is 3.14. The third-order valence-corrected chi connectivity index (χ3v) is 2.94. The van der Waals surface area contributed by atoms with Crippen LogP contribution in [0, 0.1) is 0 Å². The lowest BCUT2D eigenvalue weighted by atomic mass is 10.1. The quantitative estimate of drug-likeness (QED) is 0.792. The van der Waals surface area contributed by atoms with Crippen molar-refractivity contribution in [3.63, 3.8) is 0 Å². The molecule has 0 atom stereocenters. The number of methoxy groups -OCH3 is 1. The van der Waals surface area contributed by atoms with Crippen LogP contribution in [0.1, 0.15) is 11.1 Å². The van der Waals surface area contributed by atoms with Gasteiger partial charge in [-0.1, -0.05) is 12.1 Å². The molecule has 0 saturated heterocycles. The molecule has 0 unspecified atom stereocenters. The number of anilines is 1. The summed E-state index contributed by atoms with van der Waals surface area (Å²) in [5.74, 6) is 1.46. The van der Waals surface area contributed by atoms with Crippen molar-refractivity contribution in [3.8, 4) is 11.5 Å². The molecule has 1 aromatic carbocycles. The fourth-order valence-electron chi connectivity index (χ4n) is 1.96. The zero-order valence-corrected chi connectivity index (χ0v) is 11.5. The van der Waals surface area contributed by atoms with E-state index in [2.05, 4.69) is 16.9 Å². The first-order valence-electron chi connectivity index (χ1n) is 6.39. The largest absolute Gasteiger partial charge is 0.504 e. The molecule has 0 amide bonds. The predicted molar refractivity (Wildman–Crippen MR) is 80.1 cm³/mol. The summed E-state index contributed by atoms with van der Waals surface area (Å²) in [4.78, 5) is 4.20. The van der Waals surface area contributed by atoms with Gasteiger partial charge in [0.05, 0.1) is 7.11 Å². The van der Waals surface area contributed by atoms with Crippen LogP contribution in [0.4, 0.5) is 5.82 Å². The summed E-state index contributed by atoms with van der Waals surface area (Å²) >= 11 is 0. The van der Waals surface area contributed by atoms with Crippen LogP contribution in [0.2, 0.25) is 0 Å². The zero-order valence-electron chi connectivity index (χ0n) is 11.5. The van der Waals surface area contributed by atoms with Gasteiger partial charge in [-0.2, -0.15) is 0 Å². The van der Waals surface area contributed by atoms with Crippen molar-refractivity contribution in [3.05, 3.63) is 60.3 Å². The molecule has 4 heteroatoms. The Kier molecular flexibility index (Phi) is 4.60. The number of phenolic OH excluding ortho intramolecular Hbond substituents is 1. The van der Waals surface area contributed by atoms with Gasteiger partial charge in [0.15, 0.2) is 11.5 Å². The van der Waals surface area contributed by atoms with Crippen molar-refractivity contribution in [2.24, 2.45) is 0 Å². The van der Waals surface area contributed by atoms with Crippen LogP contribution in [0.15, 0.2) is 49.2 Å². The topological polar surface area (TPSA) is 54.4 Å². The molecule has 0 aliphatic heterocycles. The molecule has 0 radical (unpaired) electrons. The molecule has 4 nitrogen and oxygen atoms in total. The van der Waals surface area contributed by atoms with E-state index < -0.39 is 0 Å². The van der Waals surface area contributed by atoms with E-state index in [0.29, 0.717) is 18.7 Å². The fraction of sp³-hybridized carbons (Fsp3) is 0.188. The van der Waals surface area contributed by atoms with Gasteiger partial charge in [0, 0.05) is 18.3 Å². The smallest absolute Gasteiger partial charge is 0.161 e. The molecule has 20 heavy (non-hydrogen) atoms. The third-order valence-electron chi connectivity index (χ3n) is 2.94. The van der Waals surface area contributed by atoms with Crippen LogP contribution >= 0.6 is 0 Å². The molecule has 104 valence electrons. The number of hydrogen-bond donors (Lipinski definition) is 2. The van der Waals surface area contributed by atoms with Gasteiger partial charge >= 0.3 is 0 Å². The molecule has 0 saturated carbocycles. The highest BCUT2D eigenvalue weighted by atomic mass is 16.5. The Morgan fingerprint density at radius 2 is 2.25 bits per heavy atom. The van der Waals surface area contributed by atoms with Crippen LogP contribution in [0.5, 0.6) is 11.5 Å². The first-order chi connectivity index (χ1) is 9.74. The zero-order chi connectivity index (χ0) is 14.4. The Morgan fingerprint density at radius 3 is 2.90 bits per heavy atom. The van der Waals surface area contributed by atoms with Crippen LogP contribution in [0.3, 0.4) is 0 Å². The van der Waals surface area contributed by atoms with Gasteiger partial charge in [-0.15, -0.1) is 6.58 Å². The van der Waals surface area contributed by atoms with Gasteiger partial charge in [0.2, 0.25) is 0 Å². The van der Waals surface area contributed by atoms with E-state index in [9.17, 15) is 5.11 Å². The molecular formula is C16H18N2O2. The summed E-state index contributed by atoms with van der Waals surface area (Å²) in [6.45, 7) is 4.31. The van der Waals surface area contributed by atoms with Crippen LogP contribution in [0.25, 0.3) is 0 Å². The van der Waals surface area contributed by atoms with E-state index in [0.717, 1.165) is 16.9 Å². The number of phenols is 1. The minimum atomic E-state index is 0.175. The first kappa shape index (κ1) is 13.9. The van der Waals surface area contributed by atoms with E-state index in [1.807, 2.05) is 30.3 Å². The normalized spacial score (nSPS) is 10.1. The van der Waals surface area contributed by atoms with Gasteiger partial charge in [-0.25, -0.2) is 4.98 Å². The maximum atomic E-state index is 10.0. The summed E-state index contributed by atoms with van der Waals surface area (Å²) in [5, 5.41) is 13.3. The van der Waals surface area contributed by atoms with E-state index in [1.165, 1.54) is 0 Å². The minimum absolute atomic E-state index is 0.175. The number of aromatic hydroxyl groups is 1. The molecule has 0 aliphatic carbocycles. The van der Waals surface area contributed by atoms with Gasteiger partial charge < -0.3 is 15.2 Å². The number of aromatic nitrogens is 1. The van der Waals surface area contributed by atoms with Crippen molar-refractivity contribution in [1.82, 2.24) is 4.98 Å². The number of allylic oxidation sites excluding steroid dienone is 1. The van der Waals surface area contributed by atoms with Crippen molar-refractivity contribution < 1.29 is 9.84 Å². The second-order valence-electron chi connectivity index (χ2n) is 4.37. The first-order valence-corrected chi connectivity index (χ1v) is 6.39. The molecule has 0 bridgehead atoms. The Bertz CT molecular complexity index is 583. The number of rotatable bonds is 6. The van der Waals surface area contributed by atoms with Crippen molar-refractivity contribution in [2.45, 2.75) is 13.0 Å². The maximum Gasteiger partial charge on any atom is 0.161 e. The van der Waals surface area contributed by atoms with E-state index in [1.54, 1.807) is 19.4 Å². The maximum absolute atomic E-state index is 10.0. The molecule has 2 aromatic rings. The molecule has 1 heterocycles. The van der Waals surface area contributed by atoms with Gasteiger partial charge in [-0.3, -0.25) is 0 Å². The molecule has 0 aliphatic rings. The molecule has 0 spiro atoms. The number of nitrogens with zero attached hydrogens (tertiary/aromatic N) is 1. The number of pyridine rings is 1. The lowest BCUT2D eigenvalue weighted by molar-refractivity contribution is 0.370. The fourth-order valence-corrected chi connectivity index (χ4v) is 1.96. The molecule has 1 aromatic heterocycles. The summed E-state index contributed by atoms with van der Waals surface area (Å²) in [7, 11) is 1.54. The Labute approximate surface area is 118 Å². The Morgan fingerprint density at radius 1 is 1.40 bits per heavy atom. The average Bonchev–Trinajstić information content (AvgIpc) is 2.49. The monoisotopic (exact) mass is 270 g/mol. The Hall–Kier alpha value is -2.49. The summed E-state index contributed by atoms with van der Waals surface area (Å²) in [6.07, 6.45) is 4.09. The second-order valence-corrected chi connectivity index (χ2v) is 4.37.